The number of halogens is 1. The fraction of sp³-hybridized carbons (Fsp3) is 1.00. The number of hydrogen-bond acceptors (Lipinski definition) is 2. The second-order valence-corrected chi connectivity index (χ2v) is 3.26. The molecule has 1 atom stereocenters. The molecule has 9 heavy (non-hydrogen) atoms. The molecular formula is C4H9FO3S. The smallest absolute Gasteiger partial charge is 0.283 e. The van der Waals surface area contributed by atoms with Crippen molar-refractivity contribution < 1.29 is 17.4 Å². The van der Waals surface area contributed by atoms with Crippen LogP contribution in [0.1, 0.15) is 19.8 Å². The highest BCUT2D eigenvalue weighted by molar-refractivity contribution is 7.86. The standard InChI is InChI=1S/C4H9FO3S/c1-2-3-4(5)9(6,7)8/h4H,2-3H2,1H3,(H,6,7,8). The maximum absolute atomic E-state index is 12.1. The molecule has 0 aromatic rings. The van der Waals surface area contributed by atoms with Crippen molar-refractivity contribution in [3.8, 4) is 0 Å². The predicted molar refractivity (Wildman–Crippen MR) is 31.4 cm³/mol. The first-order valence-corrected chi connectivity index (χ1v) is 4.09. The highest BCUT2D eigenvalue weighted by Gasteiger charge is 2.19. The molecule has 0 aromatic heterocycles. The van der Waals surface area contributed by atoms with Gasteiger partial charge in [0.15, 0.2) is 0 Å². The topological polar surface area (TPSA) is 54.4 Å². The lowest BCUT2D eigenvalue weighted by Crippen LogP contribution is -2.13. The highest BCUT2D eigenvalue weighted by atomic mass is 32.2. The third-order valence-electron chi connectivity index (χ3n) is 0.839. The quantitative estimate of drug-likeness (QED) is 0.619. The van der Waals surface area contributed by atoms with Gasteiger partial charge in [-0.2, -0.15) is 8.42 Å². The Morgan fingerprint density at radius 1 is 1.67 bits per heavy atom. The molecule has 3 nitrogen and oxygen atoms in total. The minimum atomic E-state index is -4.43. The molecule has 5 heteroatoms. The first kappa shape index (κ1) is 8.84. The second-order valence-electron chi connectivity index (χ2n) is 1.71. The van der Waals surface area contributed by atoms with Gasteiger partial charge in [-0.1, -0.05) is 13.3 Å². The summed E-state index contributed by atoms with van der Waals surface area (Å²) in [4.78, 5) is 0. The molecule has 0 aliphatic rings. The Balaban J connectivity index is 3.90. The van der Waals surface area contributed by atoms with E-state index in [-0.39, 0.29) is 6.42 Å². The summed E-state index contributed by atoms with van der Waals surface area (Å²) in [5.74, 6) is 0. The van der Waals surface area contributed by atoms with Crippen LogP contribution in [0.15, 0.2) is 0 Å². The van der Waals surface area contributed by atoms with E-state index in [4.69, 9.17) is 4.55 Å². The Bertz CT molecular complexity index is 163. The summed E-state index contributed by atoms with van der Waals surface area (Å²) in [5.41, 5.74) is -2.11. The Kier molecular flexibility index (Phi) is 3.07. The van der Waals surface area contributed by atoms with Gasteiger partial charge in [-0.15, -0.1) is 0 Å². The van der Waals surface area contributed by atoms with E-state index in [1.54, 1.807) is 6.92 Å². The summed E-state index contributed by atoms with van der Waals surface area (Å²) in [7, 11) is -4.43. The van der Waals surface area contributed by atoms with Crippen LogP contribution in [0.5, 0.6) is 0 Å². The molecule has 1 N–H and O–H groups in total. The van der Waals surface area contributed by atoms with Crippen LogP contribution in [0.25, 0.3) is 0 Å². The summed E-state index contributed by atoms with van der Waals surface area (Å²) < 4.78 is 39.9. The van der Waals surface area contributed by atoms with Crippen molar-refractivity contribution in [2.45, 2.75) is 25.3 Å². The molecule has 0 saturated heterocycles. The molecule has 0 rings (SSSR count). The van der Waals surface area contributed by atoms with Gasteiger partial charge in [-0.25, -0.2) is 4.39 Å². The van der Waals surface area contributed by atoms with E-state index in [2.05, 4.69) is 0 Å². The van der Waals surface area contributed by atoms with Crippen LogP contribution in [0.2, 0.25) is 0 Å². The minimum Gasteiger partial charge on any atom is -0.283 e. The van der Waals surface area contributed by atoms with Crippen molar-refractivity contribution in [2.24, 2.45) is 0 Å². The van der Waals surface area contributed by atoms with E-state index >= 15 is 0 Å². The van der Waals surface area contributed by atoms with Gasteiger partial charge >= 0.3 is 0 Å². The van der Waals surface area contributed by atoms with Gasteiger partial charge in [-0.3, -0.25) is 4.55 Å². The molecular weight excluding hydrogens is 147 g/mol. The lowest BCUT2D eigenvalue weighted by atomic mass is 10.4. The fourth-order valence-electron chi connectivity index (χ4n) is 0.376. The third-order valence-corrected chi connectivity index (χ3v) is 1.72. The fourth-order valence-corrected chi connectivity index (χ4v) is 0.909. The molecule has 0 aromatic carbocycles. The largest absolute Gasteiger partial charge is 0.297 e. The zero-order valence-corrected chi connectivity index (χ0v) is 5.86. The molecule has 0 bridgehead atoms. The molecule has 0 heterocycles. The average molecular weight is 156 g/mol. The van der Waals surface area contributed by atoms with Crippen molar-refractivity contribution in [2.75, 3.05) is 0 Å². The van der Waals surface area contributed by atoms with Crippen LogP contribution in [-0.2, 0) is 10.1 Å². The van der Waals surface area contributed by atoms with Crippen molar-refractivity contribution >= 4 is 10.1 Å². The monoisotopic (exact) mass is 156 g/mol. The zero-order chi connectivity index (χ0) is 7.49. The molecule has 0 amide bonds. The van der Waals surface area contributed by atoms with Crippen LogP contribution < -0.4 is 0 Å². The summed E-state index contributed by atoms with van der Waals surface area (Å²) in [5, 5.41) is 0. The molecule has 0 aliphatic carbocycles. The Morgan fingerprint density at radius 2 is 2.11 bits per heavy atom. The average Bonchev–Trinajstić information content (AvgIpc) is 1.64. The van der Waals surface area contributed by atoms with Crippen molar-refractivity contribution in [1.29, 1.82) is 0 Å². The van der Waals surface area contributed by atoms with E-state index < -0.39 is 15.6 Å². The lowest BCUT2D eigenvalue weighted by Gasteiger charge is -1.99. The molecule has 0 spiro atoms. The normalized spacial score (nSPS) is 15.4. The number of alkyl halides is 1. The maximum atomic E-state index is 12.1. The SMILES string of the molecule is CCCC(F)S(=O)(=O)O. The van der Waals surface area contributed by atoms with Crippen LogP contribution in [0, 0.1) is 0 Å². The van der Waals surface area contributed by atoms with Gasteiger partial charge in [-0.05, 0) is 6.42 Å². The van der Waals surface area contributed by atoms with Crippen molar-refractivity contribution in [1.82, 2.24) is 0 Å². The zero-order valence-electron chi connectivity index (χ0n) is 5.04. The second kappa shape index (κ2) is 3.12. The molecule has 56 valence electrons. The molecule has 1 unspecified atom stereocenters. The van der Waals surface area contributed by atoms with E-state index in [0.29, 0.717) is 6.42 Å². The molecule has 0 aliphatic heterocycles. The van der Waals surface area contributed by atoms with E-state index in [0.717, 1.165) is 0 Å². The summed E-state index contributed by atoms with van der Waals surface area (Å²) in [6.07, 6.45) is 0.264. The Morgan fingerprint density at radius 3 is 2.22 bits per heavy atom. The van der Waals surface area contributed by atoms with Gasteiger partial charge in [0.25, 0.3) is 10.1 Å². The maximum Gasteiger partial charge on any atom is 0.297 e. The van der Waals surface area contributed by atoms with Crippen molar-refractivity contribution in [3.05, 3.63) is 0 Å². The highest BCUT2D eigenvalue weighted by Crippen LogP contribution is 2.06. The van der Waals surface area contributed by atoms with Gasteiger partial charge in [0, 0.05) is 0 Å². The number of hydrogen-bond donors (Lipinski definition) is 1. The minimum absolute atomic E-state index is 0.140. The molecule has 0 radical (unpaired) electrons. The van der Waals surface area contributed by atoms with Crippen LogP contribution in [0.3, 0.4) is 0 Å². The van der Waals surface area contributed by atoms with Gasteiger partial charge in [0.2, 0.25) is 5.50 Å². The van der Waals surface area contributed by atoms with Crippen LogP contribution >= 0.6 is 0 Å². The van der Waals surface area contributed by atoms with E-state index in [1.165, 1.54) is 0 Å². The van der Waals surface area contributed by atoms with Gasteiger partial charge in [0.1, 0.15) is 0 Å². The lowest BCUT2D eigenvalue weighted by molar-refractivity contribution is 0.357. The summed E-state index contributed by atoms with van der Waals surface area (Å²) in [6, 6.07) is 0. The Hall–Kier alpha value is -0.160. The van der Waals surface area contributed by atoms with Gasteiger partial charge < -0.3 is 0 Å². The summed E-state index contributed by atoms with van der Waals surface area (Å²) in [6.45, 7) is 1.64. The van der Waals surface area contributed by atoms with Crippen molar-refractivity contribution in [3.63, 3.8) is 0 Å². The van der Waals surface area contributed by atoms with Crippen LogP contribution in [0.4, 0.5) is 4.39 Å². The first-order chi connectivity index (χ1) is 3.98. The Labute approximate surface area is 53.6 Å². The molecule has 0 fully saturated rings. The third kappa shape index (κ3) is 3.42. The molecule has 0 saturated carbocycles. The predicted octanol–water partition coefficient (Wildman–Crippen LogP) is 0.970. The van der Waals surface area contributed by atoms with Gasteiger partial charge in [0.05, 0.1) is 0 Å². The van der Waals surface area contributed by atoms with E-state index in [1.807, 2.05) is 0 Å². The van der Waals surface area contributed by atoms with E-state index in [9.17, 15) is 12.8 Å². The first-order valence-electron chi connectivity index (χ1n) is 2.59. The summed E-state index contributed by atoms with van der Waals surface area (Å²) >= 11 is 0. The van der Waals surface area contributed by atoms with Crippen LogP contribution in [-0.4, -0.2) is 18.5 Å². The number of rotatable bonds is 3.